The Balaban J connectivity index is 1.20. The molecular weight excluding hydrogens is 575 g/mol. The fraction of sp³-hybridized carbons (Fsp3) is 0.333. The molecule has 11 nitrogen and oxygen atoms in total. The Labute approximate surface area is 234 Å². The zero-order valence-corrected chi connectivity index (χ0v) is 22.0. The second-order valence-corrected chi connectivity index (χ2v) is 9.66. The number of rotatable bonds is 12. The first kappa shape index (κ1) is 29.7. The van der Waals surface area contributed by atoms with Crippen LogP contribution in [0.15, 0.2) is 53.9 Å². The first-order chi connectivity index (χ1) is 19.5. The Bertz CT molecular complexity index is 1390. The minimum atomic E-state index is -4.95. The van der Waals surface area contributed by atoms with Crippen LogP contribution in [-0.4, -0.2) is 60.4 Å². The molecule has 41 heavy (non-hydrogen) atoms. The quantitative estimate of drug-likeness (QED) is 0.304. The number of amides is 2. The van der Waals surface area contributed by atoms with Gasteiger partial charge in [0.1, 0.15) is 23.6 Å². The van der Waals surface area contributed by atoms with E-state index >= 15 is 0 Å². The van der Waals surface area contributed by atoms with E-state index in [0.29, 0.717) is 23.0 Å². The molecule has 0 saturated heterocycles. The number of aromatic nitrogens is 4. The average Bonchev–Trinajstić information content (AvgIpc) is 3.57. The molecule has 1 aliphatic rings. The Kier molecular flexibility index (Phi) is 9.69. The summed E-state index contributed by atoms with van der Waals surface area (Å²) in [6.45, 7) is -0.646. The molecule has 17 heteroatoms. The van der Waals surface area contributed by atoms with Crippen LogP contribution in [0.3, 0.4) is 0 Å². The number of hydrogen-bond donors (Lipinski definition) is 2. The number of alkyl halides is 4. The number of hydrazine groups is 1. The van der Waals surface area contributed by atoms with Crippen molar-refractivity contribution in [3.63, 3.8) is 0 Å². The molecule has 0 bridgehead atoms. The average molecular weight is 599 g/mol. The lowest BCUT2D eigenvalue weighted by molar-refractivity contribution is -0.274. The molecule has 2 N–H and O–H groups in total. The van der Waals surface area contributed by atoms with Crippen LogP contribution in [0, 0.1) is 5.82 Å². The monoisotopic (exact) mass is 598 g/mol. The molecule has 3 aromatic rings. The van der Waals surface area contributed by atoms with E-state index in [2.05, 4.69) is 35.9 Å². The van der Waals surface area contributed by atoms with E-state index in [1.54, 1.807) is 24.4 Å². The highest BCUT2D eigenvalue weighted by Crippen LogP contribution is 2.25. The lowest BCUT2D eigenvalue weighted by Crippen LogP contribution is -2.37. The first-order valence-electron chi connectivity index (χ1n) is 12.1. The zero-order valence-electron chi connectivity index (χ0n) is 21.1. The standard InChI is InChI=1S/C24H23F5N8O3S/c25-16(4-7-22-34-37(14-41-22)33-21(38)10-17-3-1-2-8-30-17)12-36-13-20(32-35-36)23(39)31-11-15-9-18(5-6-19(15)26)40-24(27,28)29/h1-3,5-6,8-9,13,16H,4,7,10-12,14H2,(H,31,39)(H,33,38). The molecular formula is C24H23F5N8O3S. The van der Waals surface area contributed by atoms with Crippen molar-refractivity contribution in [2.45, 2.75) is 44.9 Å². The largest absolute Gasteiger partial charge is 0.573 e. The molecule has 1 aliphatic heterocycles. The molecule has 1 unspecified atom stereocenters. The van der Waals surface area contributed by atoms with Crippen molar-refractivity contribution in [3.05, 3.63) is 71.6 Å². The number of pyridine rings is 1. The molecule has 1 aromatic carbocycles. The van der Waals surface area contributed by atoms with E-state index in [-0.39, 0.29) is 36.6 Å². The van der Waals surface area contributed by atoms with Crippen LogP contribution >= 0.6 is 11.8 Å². The van der Waals surface area contributed by atoms with Gasteiger partial charge < -0.3 is 10.1 Å². The number of hydrazone groups is 1. The summed E-state index contributed by atoms with van der Waals surface area (Å²) < 4.78 is 70.6. The summed E-state index contributed by atoms with van der Waals surface area (Å²) in [5, 5.41) is 16.0. The van der Waals surface area contributed by atoms with Crippen LogP contribution in [0.25, 0.3) is 0 Å². The number of hydrogen-bond acceptors (Lipinski definition) is 9. The van der Waals surface area contributed by atoms with Crippen molar-refractivity contribution >= 4 is 28.6 Å². The highest BCUT2D eigenvalue weighted by molar-refractivity contribution is 8.14. The summed E-state index contributed by atoms with van der Waals surface area (Å²) in [6, 6.07) is 7.68. The normalized spacial score (nSPS) is 14.0. The van der Waals surface area contributed by atoms with E-state index in [0.717, 1.165) is 22.9 Å². The molecule has 2 amide bonds. The zero-order chi connectivity index (χ0) is 29.4. The summed E-state index contributed by atoms with van der Waals surface area (Å²) in [4.78, 5) is 28.6. The van der Waals surface area contributed by atoms with Crippen molar-refractivity contribution < 1.29 is 36.3 Å². The van der Waals surface area contributed by atoms with E-state index in [9.17, 15) is 31.5 Å². The predicted molar refractivity (Wildman–Crippen MR) is 136 cm³/mol. The van der Waals surface area contributed by atoms with Gasteiger partial charge in [-0.25, -0.2) is 13.5 Å². The van der Waals surface area contributed by atoms with Gasteiger partial charge in [-0.3, -0.25) is 20.0 Å². The first-order valence-corrected chi connectivity index (χ1v) is 13.1. The van der Waals surface area contributed by atoms with Crippen LogP contribution in [0.2, 0.25) is 0 Å². The number of thioether (sulfide) groups is 1. The van der Waals surface area contributed by atoms with Gasteiger partial charge in [0.05, 0.1) is 24.2 Å². The molecule has 0 fully saturated rings. The lowest BCUT2D eigenvalue weighted by atomic mass is 10.2. The highest BCUT2D eigenvalue weighted by atomic mass is 32.2. The molecule has 1 atom stereocenters. The minimum absolute atomic E-state index is 0.0956. The Hall–Kier alpha value is -4.28. The number of halogens is 5. The Morgan fingerprint density at radius 3 is 2.78 bits per heavy atom. The third kappa shape index (κ3) is 9.40. The maximum Gasteiger partial charge on any atom is 0.573 e. The highest BCUT2D eigenvalue weighted by Gasteiger charge is 2.31. The molecule has 4 rings (SSSR count). The van der Waals surface area contributed by atoms with Gasteiger partial charge in [0.15, 0.2) is 5.69 Å². The topological polar surface area (TPSA) is 127 Å². The summed E-state index contributed by atoms with van der Waals surface area (Å²) in [7, 11) is 0. The van der Waals surface area contributed by atoms with Crippen molar-refractivity contribution in [3.8, 4) is 5.75 Å². The second-order valence-electron chi connectivity index (χ2n) is 8.65. The summed E-state index contributed by atoms with van der Waals surface area (Å²) >= 11 is 1.36. The molecule has 3 heterocycles. The van der Waals surface area contributed by atoms with Crippen LogP contribution in [0.1, 0.15) is 34.6 Å². The van der Waals surface area contributed by atoms with Gasteiger partial charge in [0.25, 0.3) is 5.91 Å². The number of carbonyl (C=O) groups is 2. The predicted octanol–water partition coefficient (Wildman–Crippen LogP) is 3.35. The van der Waals surface area contributed by atoms with E-state index in [1.165, 1.54) is 23.1 Å². The van der Waals surface area contributed by atoms with Crippen LogP contribution in [0.5, 0.6) is 5.75 Å². The van der Waals surface area contributed by atoms with Crippen molar-refractivity contribution in [1.29, 1.82) is 0 Å². The molecule has 0 radical (unpaired) electrons. The van der Waals surface area contributed by atoms with Gasteiger partial charge in [-0.2, -0.15) is 10.2 Å². The molecule has 0 saturated carbocycles. The van der Waals surface area contributed by atoms with Gasteiger partial charge in [-0.15, -0.1) is 18.3 Å². The van der Waals surface area contributed by atoms with E-state index < -0.39 is 36.6 Å². The number of nitrogens with one attached hydrogen (secondary N) is 2. The number of benzene rings is 1. The van der Waals surface area contributed by atoms with Crippen LogP contribution in [0.4, 0.5) is 22.0 Å². The molecule has 218 valence electrons. The number of ether oxygens (including phenoxy) is 1. The fourth-order valence-corrected chi connectivity index (χ4v) is 4.39. The van der Waals surface area contributed by atoms with Crippen LogP contribution in [-0.2, 0) is 24.3 Å². The van der Waals surface area contributed by atoms with Gasteiger partial charge in [-0.05, 0) is 36.8 Å². The third-order valence-electron chi connectivity index (χ3n) is 5.43. The Morgan fingerprint density at radius 1 is 1.20 bits per heavy atom. The number of nitrogens with zero attached hydrogens (tertiary/aromatic N) is 6. The van der Waals surface area contributed by atoms with Gasteiger partial charge in [0.2, 0.25) is 5.91 Å². The minimum Gasteiger partial charge on any atom is -0.406 e. The van der Waals surface area contributed by atoms with Gasteiger partial charge in [0, 0.05) is 30.4 Å². The van der Waals surface area contributed by atoms with E-state index in [1.807, 2.05) is 0 Å². The van der Waals surface area contributed by atoms with Crippen LogP contribution < -0.4 is 15.5 Å². The lowest BCUT2D eigenvalue weighted by Gasteiger charge is -2.13. The SMILES string of the molecule is O=C(Cc1ccccn1)NN1CSC(CCC(F)Cn2cc(C(=O)NCc3cc(OC(F)(F)F)ccc3F)nn2)=N1. The second kappa shape index (κ2) is 13.4. The summed E-state index contributed by atoms with van der Waals surface area (Å²) in [5.41, 5.74) is 2.85. The maximum atomic E-state index is 14.6. The van der Waals surface area contributed by atoms with Gasteiger partial charge in [-0.1, -0.05) is 23.0 Å². The molecule has 2 aromatic heterocycles. The van der Waals surface area contributed by atoms with E-state index in [4.69, 9.17) is 0 Å². The van der Waals surface area contributed by atoms with Gasteiger partial charge >= 0.3 is 6.36 Å². The third-order valence-corrected chi connectivity index (χ3v) is 6.42. The summed E-state index contributed by atoms with van der Waals surface area (Å²) in [5.74, 6) is -2.16. The van der Waals surface area contributed by atoms with Crippen molar-refractivity contribution in [1.82, 2.24) is 35.8 Å². The Morgan fingerprint density at radius 2 is 2.02 bits per heavy atom. The molecule has 0 spiro atoms. The summed E-state index contributed by atoms with van der Waals surface area (Å²) in [6.07, 6.45) is -3.01. The number of carbonyl (C=O) groups excluding carboxylic acids is 2. The van der Waals surface area contributed by atoms with Crippen molar-refractivity contribution in [2.24, 2.45) is 5.10 Å². The maximum absolute atomic E-state index is 14.6. The smallest absolute Gasteiger partial charge is 0.406 e. The van der Waals surface area contributed by atoms with Crippen molar-refractivity contribution in [2.75, 3.05) is 5.88 Å². The fourth-order valence-electron chi connectivity index (χ4n) is 3.57. The molecule has 0 aliphatic carbocycles.